The summed E-state index contributed by atoms with van der Waals surface area (Å²) >= 11 is 1.77. The highest BCUT2D eigenvalue weighted by Gasteiger charge is 2.23. The summed E-state index contributed by atoms with van der Waals surface area (Å²) < 4.78 is 0. The summed E-state index contributed by atoms with van der Waals surface area (Å²) in [6, 6.07) is -2.05. The van der Waals surface area contributed by atoms with Crippen LogP contribution in [0.25, 0.3) is 0 Å². The van der Waals surface area contributed by atoms with Crippen LogP contribution < -0.4 is 10.6 Å². The Kier molecular flexibility index (Phi) is 5.76. The molecule has 4 N–H and O–H groups in total. The van der Waals surface area contributed by atoms with E-state index in [1.54, 1.807) is 11.8 Å². The van der Waals surface area contributed by atoms with Gasteiger partial charge >= 0.3 is 18.0 Å². The Hall–Kier alpha value is -1.44. The van der Waals surface area contributed by atoms with Gasteiger partial charge in [-0.25, -0.2) is 9.59 Å². The molecule has 8 heteroatoms. The smallest absolute Gasteiger partial charge is 0.326 e. The van der Waals surface area contributed by atoms with Crippen molar-refractivity contribution in [1.29, 1.82) is 0 Å². The van der Waals surface area contributed by atoms with Crippen molar-refractivity contribution >= 4 is 29.7 Å². The fourth-order valence-corrected chi connectivity index (χ4v) is 2.80. The number of hydrogen-bond acceptors (Lipinski definition) is 4. The summed E-state index contributed by atoms with van der Waals surface area (Å²) in [6.07, 6.45) is 1.51. The first-order valence-electron chi connectivity index (χ1n) is 5.59. The zero-order chi connectivity index (χ0) is 13.5. The Labute approximate surface area is 108 Å². The van der Waals surface area contributed by atoms with Gasteiger partial charge in [0.15, 0.2) is 0 Å². The molecule has 1 saturated heterocycles. The summed E-state index contributed by atoms with van der Waals surface area (Å²) in [7, 11) is 0. The molecule has 7 nitrogen and oxygen atoms in total. The predicted octanol–water partition coefficient (Wildman–Crippen LogP) is 0.109. The van der Waals surface area contributed by atoms with Crippen molar-refractivity contribution in [2.24, 2.45) is 0 Å². The van der Waals surface area contributed by atoms with Crippen molar-refractivity contribution in [3.63, 3.8) is 0 Å². The molecule has 0 aromatic carbocycles. The number of carboxylic acid groups (broad SMARTS) is 2. The van der Waals surface area contributed by atoms with Crippen LogP contribution in [-0.4, -0.2) is 51.8 Å². The van der Waals surface area contributed by atoms with Crippen molar-refractivity contribution in [3.05, 3.63) is 0 Å². The highest BCUT2D eigenvalue weighted by atomic mass is 32.2. The summed E-state index contributed by atoms with van der Waals surface area (Å²) in [5, 5.41) is 22.3. The zero-order valence-electron chi connectivity index (χ0n) is 9.72. The maximum atomic E-state index is 11.4. The second-order valence-corrected chi connectivity index (χ2v) is 5.39. The van der Waals surface area contributed by atoms with Crippen LogP contribution >= 0.6 is 11.8 Å². The van der Waals surface area contributed by atoms with Gasteiger partial charge in [0.05, 0.1) is 6.42 Å². The molecule has 0 saturated carbocycles. The Bertz CT molecular complexity index is 330. The summed E-state index contributed by atoms with van der Waals surface area (Å²) in [5.74, 6) is -1.55. The molecule has 0 aliphatic carbocycles. The van der Waals surface area contributed by atoms with E-state index in [1.165, 1.54) is 0 Å². The van der Waals surface area contributed by atoms with E-state index in [-0.39, 0.29) is 0 Å². The predicted molar refractivity (Wildman–Crippen MR) is 65.7 cm³/mol. The number of hydrogen-bond donors (Lipinski definition) is 4. The van der Waals surface area contributed by atoms with E-state index in [2.05, 4.69) is 10.6 Å². The summed E-state index contributed by atoms with van der Waals surface area (Å²) in [6.45, 7) is 0.468. The fourth-order valence-electron chi connectivity index (χ4n) is 1.60. The van der Waals surface area contributed by atoms with Gasteiger partial charge < -0.3 is 20.8 Å². The third-order valence-electron chi connectivity index (χ3n) is 2.50. The van der Waals surface area contributed by atoms with Gasteiger partial charge in [-0.15, -0.1) is 0 Å². The van der Waals surface area contributed by atoms with E-state index >= 15 is 0 Å². The van der Waals surface area contributed by atoms with Crippen LogP contribution in [0.4, 0.5) is 4.79 Å². The van der Waals surface area contributed by atoms with Crippen LogP contribution in [-0.2, 0) is 9.59 Å². The van der Waals surface area contributed by atoms with E-state index < -0.39 is 30.4 Å². The fraction of sp³-hybridized carbons (Fsp3) is 0.700. The van der Waals surface area contributed by atoms with Crippen LogP contribution in [0.15, 0.2) is 0 Å². The molecule has 0 aromatic heterocycles. The van der Waals surface area contributed by atoms with Crippen LogP contribution in [0.3, 0.4) is 0 Å². The molecule has 0 bridgehead atoms. The van der Waals surface area contributed by atoms with Crippen molar-refractivity contribution < 1.29 is 24.6 Å². The third-order valence-corrected chi connectivity index (χ3v) is 3.89. The molecule has 1 heterocycles. The van der Waals surface area contributed by atoms with Crippen molar-refractivity contribution in [3.8, 4) is 0 Å². The molecule has 0 radical (unpaired) electrons. The lowest BCUT2D eigenvalue weighted by molar-refractivity contribution is -0.145. The molecule has 18 heavy (non-hydrogen) atoms. The Morgan fingerprint density at radius 2 is 2.06 bits per heavy atom. The normalized spacial score (nSPS) is 20.1. The molecule has 1 aliphatic rings. The van der Waals surface area contributed by atoms with Gasteiger partial charge in [-0.1, -0.05) is 0 Å². The molecular weight excluding hydrogens is 260 g/mol. The standard InChI is InChI=1S/C10H16N2O5S/c13-8(14)4-7(9(15)16)12-10(17)11-5-6-2-1-3-18-6/h6-7H,1-5H2,(H,13,14)(H,15,16)(H2,11,12,17)/t6?,7-/m1/s1. The molecule has 102 valence electrons. The van der Waals surface area contributed by atoms with Gasteiger partial charge in [-0.3, -0.25) is 4.79 Å². The van der Waals surface area contributed by atoms with Crippen molar-refractivity contribution in [2.45, 2.75) is 30.6 Å². The highest BCUT2D eigenvalue weighted by molar-refractivity contribution is 8.00. The van der Waals surface area contributed by atoms with E-state index in [0.717, 1.165) is 18.6 Å². The van der Waals surface area contributed by atoms with E-state index in [9.17, 15) is 14.4 Å². The second kappa shape index (κ2) is 7.10. The lowest BCUT2D eigenvalue weighted by atomic mass is 10.2. The largest absolute Gasteiger partial charge is 0.481 e. The molecule has 1 unspecified atom stereocenters. The number of carbonyl (C=O) groups excluding carboxylic acids is 1. The molecule has 0 aromatic rings. The molecule has 0 spiro atoms. The Morgan fingerprint density at radius 3 is 2.56 bits per heavy atom. The minimum atomic E-state index is -1.40. The molecule has 2 atom stereocenters. The number of carbonyl (C=O) groups is 3. The average molecular weight is 276 g/mol. The van der Waals surface area contributed by atoms with Crippen molar-refractivity contribution in [2.75, 3.05) is 12.3 Å². The quantitative estimate of drug-likeness (QED) is 0.547. The van der Waals surface area contributed by atoms with Gasteiger partial charge in [0.1, 0.15) is 6.04 Å². The van der Waals surface area contributed by atoms with Gasteiger partial charge in [0.25, 0.3) is 0 Å². The number of nitrogens with one attached hydrogen (secondary N) is 2. The lowest BCUT2D eigenvalue weighted by Gasteiger charge is -2.15. The first-order chi connectivity index (χ1) is 8.49. The third kappa shape index (κ3) is 5.26. The molecule has 2 amide bonds. The maximum Gasteiger partial charge on any atom is 0.326 e. The first kappa shape index (κ1) is 14.6. The monoisotopic (exact) mass is 276 g/mol. The Balaban J connectivity index is 2.31. The van der Waals surface area contributed by atoms with Gasteiger partial charge in [-0.2, -0.15) is 11.8 Å². The number of rotatable bonds is 6. The molecule has 1 fully saturated rings. The van der Waals surface area contributed by atoms with E-state index in [0.29, 0.717) is 11.8 Å². The SMILES string of the molecule is O=C(O)C[C@@H](NC(=O)NCC1CCCS1)C(=O)O. The molecule has 1 aliphatic heterocycles. The van der Waals surface area contributed by atoms with Gasteiger partial charge in [-0.05, 0) is 18.6 Å². The minimum Gasteiger partial charge on any atom is -0.481 e. The van der Waals surface area contributed by atoms with Gasteiger partial charge in [0.2, 0.25) is 0 Å². The number of amides is 2. The van der Waals surface area contributed by atoms with E-state index in [1.807, 2.05) is 0 Å². The molecular formula is C10H16N2O5S. The summed E-state index contributed by atoms with van der Waals surface area (Å²) in [4.78, 5) is 32.6. The lowest BCUT2D eigenvalue weighted by Crippen LogP contribution is -2.48. The van der Waals surface area contributed by atoms with Crippen LogP contribution in [0.2, 0.25) is 0 Å². The van der Waals surface area contributed by atoms with Crippen LogP contribution in [0.5, 0.6) is 0 Å². The number of urea groups is 1. The number of aliphatic carboxylic acids is 2. The zero-order valence-corrected chi connectivity index (χ0v) is 10.5. The second-order valence-electron chi connectivity index (χ2n) is 3.98. The minimum absolute atomic E-state index is 0.360. The number of thioether (sulfide) groups is 1. The van der Waals surface area contributed by atoms with Crippen LogP contribution in [0, 0.1) is 0 Å². The topological polar surface area (TPSA) is 116 Å². The molecule has 1 rings (SSSR count). The van der Waals surface area contributed by atoms with Gasteiger partial charge in [0, 0.05) is 11.8 Å². The Morgan fingerprint density at radius 1 is 1.33 bits per heavy atom. The van der Waals surface area contributed by atoms with E-state index in [4.69, 9.17) is 10.2 Å². The highest BCUT2D eigenvalue weighted by Crippen LogP contribution is 2.25. The number of carboxylic acids is 2. The first-order valence-corrected chi connectivity index (χ1v) is 6.64. The van der Waals surface area contributed by atoms with Crippen LogP contribution in [0.1, 0.15) is 19.3 Å². The average Bonchev–Trinajstić information content (AvgIpc) is 2.77. The van der Waals surface area contributed by atoms with Crippen molar-refractivity contribution in [1.82, 2.24) is 10.6 Å². The summed E-state index contributed by atoms with van der Waals surface area (Å²) in [5.41, 5.74) is 0. The maximum absolute atomic E-state index is 11.4.